The van der Waals surface area contributed by atoms with Crippen LogP contribution in [0.25, 0.3) is 10.6 Å². The Morgan fingerprint density at radius 3 is 2.18 bits per heavy atom. The van der Waals surface area contributed by atoms with Crippen LogP contribution >= 0.6 is 11.5 Å². The molecule has 0 radical (unpaired) electrons. The number of nitrogens with two attached hydrogens (primary N) is 1. The Labute approximate surface area is 107 Å². The first-order valence-electron chi connectivity index (χ1n) is 5.78. The molecule has 0 saturated heterocycles. The van der Waals surface area contributed by atoms with Crippen LogP contribution in [-0.4, -0.2) is 14.3 Å². The van der Waals surface area contributed by atoms with Crippen LogP contribution < -0.4 is 5.73 Å². The maximum absolute atomic E-state index is 5.41. The van der Waals surface area contributed by atoms with Crippen molar-refractivity contribution in [2.24, 2.45) is 0 Å². The lowest BCUT2D eigenvalue weighted by atomic mass is 10.3. The van der Waals surface area contributed by atoms with E-state index in [1.54, 1.807) is 6.20 Å². The Hall–Kier alpha value is -1.49. The van der Waals surface area contributed by atoms with Gasteiger partial charge in [0.2, 0.25) is 5.95 Å². The summed E-state index contributed by atoms with van der Waals surface area (Å²) in [4.78, 5) is 8.22. The third-order valence-electron chi connectivity index (χ3n) is 1.60. The van der Waals surface area contributed by atoms with E-state index < -0.39 is 0 Å². The van der Waals surface area contributed by atoms with Gasteiger partial charge in [-0.3, -0.25) is 4.98 Å². The number of rotatable bonds is 1. The minimum atomic E-state index is 0.320. The number of nitrogen functional groups attached to an aromatic ring is 1. The lowest BCUT2D eigenvalue weighted by molar-refractivity contribution is 1.20. The molecule has 2 N–H and O–H groups in total. The first-order chi connectivity index (χ1) is 8.25. The van der Waals surface area contributed by atoms with Crippen molar-refractivity contribution in [1.29, 1.82) is 0 Å². The van der Waals surface area contributed by atoms with Crippen LogP contribution in [0.3, 0.4) is 0 Å². The lowest BCUT2D eigenvalue weighted by Gasteiger charge is -1.94. The minimum Gasteiger partial charge on any atom is -0.367 e. The SMILES string of the molecule is CC.CC.Cc1ccc(-c2nc(N)ns2)cn1. The fourth-order valence-corrected chi connectivity index (χ4v) is 1.53. The number of nitrogens with zero attached hydrogens (tertiary/aromatic N) is 3. The highest BCUT2D eigenvalue weighted by Gasteiger charge is 2.03. The van der Waals surface area contributed by atoms with Gasteiger partial charge >= 0.3 is 0 Å². The summed E-state index contributed by atoms with van der Waals surface area (Å²) in [5.74, 6) is 0.320. The summed E-state index contributed by atoms with van der Waals surface area (Å²) in [7, 11) is 0. The molecule has 0 aromatic carbocycles. The highest BCUT2D eigenvalue weighted by atomic mass is 32.1. The molecule has 0 aliphatic rings. The Morgan fingerprint density at radius 1 is 1.12 bits per heavy atom. The second-order valence-electron chi connectivity index (χ2n) is 2.65. The second-order valence-corrected chi connectivity index (χ2v) is 3.40. The van der Waals surface area contributed by atoms with E-state index in [-0.39, 0.29) is 0 Å². The van der Waals surface area contributed by atoms with E-state index in [1.807, 2.05) is 46.8 Å². The molecule has 0 bridgehead atoms. The smallest absolute Gasteiger partial charge is 0.232 e. The zero-order chi connectivity index (χ0) is 13.3. The molecule has 2 aromatic heterocycles. The maximum Gasteiger partial charge on any atom is 0.232 e. The van der Waals surface area contributed by atoms with Crippen molar-refractivity contribution >= 4 is 17.5 Å². The van der Waals surface area contributed by atoms with Crippen LogP contribution in [0.1, 0.15) is 33.4 Å². The van der Waals surface area contributed by atoms with E-state index >= 15 is 0 Å². The third kappa shape index (κ3) is 4.91. The van der Waals surface area contributed by atoms with Crippen LogP contribution in [-0.2, 0) is 0 Å². The average Bonchev–Trinajstić information content (AvgIpc) is 2.82. The molecule has 17 heavy (non-hydrogen) atoms. The average molecular weight is 252 g/mol. The highest BCUT2D eigenvalue weighted by molar-refractivity contribution is 7.09. The molecular formula is C12H20N4S. The molecule has 5 heteroatoms. The topological polar surface area (TPSA) is 64.7 Å². The van der Waals surface area contributed by atoms with Crippen LogP contribution in [0, 0.1) is 6.92 Å². The molecular weight excluding hydrogens is 232 g/mol. The van der Waals surface area contributed by atoms with Gasteiger partial charge in [0.15, 0.2) is 0 Å². The fourth-order valence-electron chi connectivity index (χ4n) is 0.946. The van der Waals surface area contributed by atoms with Gasteiger partial charge in [-0.25, -0.2) is 0 Å². The quantitative estimate of drug-likeness (QED) is 0.843. The number of aromatic nitrogens is 3. The highest BCUT2D eigenvalue weighted by Crippen LogP contribution is 2.20. The molecule has 2 rings (SSSR count). The Morgan fingerprint density at radius 2 is 1.76 bits per heavy atom. The van der Waals surface area contributed by atoms with Crippen molar-refractivity contribution in [3.8, 4) is 10.6 Å². The second kappa shape index (κ2) is 8.64. The molecule has 0 fully saturated rings. The maximum atomic E-state index is 5.41. The summed E-state index contributed by atoms with van der Waals surface area (Å²) in [6.45, 7) is 9.94. The molecule has 0 aliphatic carbocycles. The summed E-state index contributed by atoms with van der Waals surface area (Å²) in [5, 5.41) is 0.810. The van der Waals surface area contributed by atoms with Crippen LogP contribution in [0.5, 0.6) is 0 Å². The fraction of sp³-hybridized carbons (Fsp3) is 0.417. The van der Waals surface area contributed by atoms with Crippen molar-refractivity contribution in [3.05, 3.63) is 24.0 Å². The van der Waals surface area contributed by atoms with Crippen LogP contribution in [0.2, 0.25) is 0 Å². The predicted octanol–water partition coefficient (Wildman–Crippen LogP) is 3.54. The predicted molar refractivity (Wildman–Crippen MR) is 75.0 cm³/mol. The number of hydrogen-bond acceptors (Lipinski definition) is 5. The number of anilines is 1. The van der Waals surface area contributed by atoms with Gasteiger partial charge < -0.3 is 5.73 Å². The van der Waals surface area contributed by atoms with E-state index in [0.29, 0.717) is 5.95 Å². The van der Waals surface area contributed by atoms with Crippen molar-refractivity contribution < 1.29 is 0 Å². The summed E-state index contributed by atoms with van der Waals surface area (Å²) in [6, 6.07) is 3.90. The molecule has 4 nitrogen and oxygen atoms in total. The number of pyridine rings is 1. The largest absolute Gasteiger partial charge is 0.367 e. The first-order valence-corrected chi connectivity index (χ1v) is 6.55. The van der Waals surface area contributed by atoms with E-state index in [9.17, 15) is 0 Å². The Kier molecular flexibility index (Phi) is 7.88. The number of hydrogen-bond donors (Lipinski definition) is 1. The Bertz CT molecular complexity index is 409. The molecule has 2 aromatic rings. The summed E-state index contributed by atoms with van der Waals surface area (Å²) < 4.78 is 3.90. The molecule has 0 amide bonds. The molecule has 0 unspecified atom stereocenters. The standard InChI is InChI=1S/C8H8N4S.2C2H6/c1-5-2-3-6(4-10-5)7-11-8(9)12-13-7;2*1-2/h2-4H,1H3,(H2,9,12);2*1-2H3. The van der Waals surface area contributed by atoms with Gasteiger partial charge in [0, 0.05) is 17.5 Å². The molecule has 2 heterocycles. The van der Waals surface area contributed by atoms with Gasteiger partial charge in [-0.05, 0) is 30.6 Å². The van der Waals surface area contributed by atoms with Crippen molar-refractivity contribution in [2.45, 2.75) is 34.6 Å². The van der Waals surface area contributed by atoms with Gasteiger partial charge in [-0.15, -0.1) is 0 Å². The first kappa shape index (κ1) is 15.5. The van der Waals surface area contributed by atoms with Crippen molar-refractivity contribution in [2.75, 3.05) is 5.73 Å². The molecule has 0 spiro atoms. The normalized spacial score (nSPS) is 8.53. The summed E-state index contributed by atoms with van der Waals surface area (Å²) in [6.07, 6.45) is 1.77. The molecule has 0 aliphatic heterocycles. The zero-order valence-corrected chi connectivity index (χ0v) is 11.9. The van der Waals surface area contributed by atoms with Gasteiger partial charge in [0.25, 0.3) is 0 Å². The van der Waals surface area contributed by atoms with Gasteiger partial charge in [0.05, 0.1) is 0 Å². The van der Waals surface area contributed by atoms with E-state index in [2.05, 4.69) is 14.3 Å². The van der Waals surface area contributed by atoms with Crippen molar-refractivity contribution in [3.63, 3.8) is 0 Å². The zero-order valence-electron chi connectivity index (χ0n) is 11.1. The van der Waals surface area contributed by atoms with E-state index in [4.69, 9.17) is 5.73 Å². The summed E-state index contributed by atoms with van der Waals surface area (Å²) in [5.41, 5.74) is 7.36. The third-order valence-corrected chi connectivity index (χ3v) is 2.38. The Balaban J connectivity index is 0.000000581. The molecule has 0 saturated carbocycles. The number of aryl methyl sites for hydroxylation is 1. The van der Waals surface area contributed by atoms with Crippen LogP contribution in [0.4, 0.5) is 5.95 Å². The van der Waals surface area contributed by atoms with Gasteiger partial charge in [-0.2, -0.15) is 9.36 Å². The van der Waals surface area contributed by atoms with Crippen molar-refractivity contribution in [1.82, 2.24) is 14.3 Å². The van der Waals surface area contributed by atoms with Gasteiger partial charge in [0.1, 0.15) is 5.01 Å². The molecule has 94 valence electrons. The van der Waals surface area contributed by atoms with Crippen LogP contribution in [0.15, 0.2) is 18.3 Å². The monoisotopic (exact) mass is 252 g/mol. The minimum absolute atomic E-state index is 0.320. The summed E-state index contributed by atoms with van der Waals surface area (Å²) >= 11 is 1.28. The van der Waals surface area contributed by atoms with E-state index in [1.165, 1.54) is 11.5 Å². The van der Waals surface area contributed by atoms with Gasteiger partial charge in [-0.1, -0.05) is 27.7 Å². The lowest BCUT2D eigenvalue weighted by Crippen LogP contribution is -1.86. The molecule has 0 atom stereocenters. The van der Waals surface area contributed by atoms with E-state index in [0.717, 1.165) is 16.3 Å².